The quantitative estimate of drug-likeness (QED) is 0.800. The summed E-state index contributed by atoms with van der Waals surface area (Å²) in [6.07, 6.45) is -4.37. The number of halogens is 3. The number of amides is 1. The van der Waals surface area contributed by atoms with Crippen molar-refractivity contribution in [1.29, 1.82) is 0 Å². The zero-order valence-electron chi connectivity index (χ0n) is 6.26. The van der Waals surface area contributed by atoms with Crippen molar-refractivity contribution in [1.82, 2.24) is 4.98 Å². The molecule has 0 spiro atoms. The van der Waals surface area contributed by atoms with Gasteiger partial charge in [0.25, 0.3) is 5.91 Å². The molecule has 0 atom stereocenters. The first kappa shape index (κ1) is 9.97. The minimum absolute atomic E-state index is 0.0410. The molecule has 0 saturated carbocycles. The van der Waals surface area contributed by atoms with Gasteiger partial charge in [0.15, 0.2) is 0 Å². The molecular formula is C6H5F3N2OS. The Kier molecular flexibility index (Phi) is 2.55. The van der Waals surface area contributed by atoms with E-state index in [0.717, 1.165) is 6.20 Å². The van der Waals surface area contributed by atoms with Gasteiger partial charge in [-0.25, -0.2) is 4.98 Å². The standard InChI is InChI=1S/C6H5F3N2OS/c7-6(8,9)1-4-11-2-3(13-4)5(10)12/h2H,1H2,(H2,10,12). The van der Waals surface area contributed by atoms with Crippen molar-refractivity contribution < 1.29 is 18.0 Å². The van der Waals surface area contributed by atoms with Crippen molar-refractivity contribution in [2.45, 2.75) is 12.6 Å². The van der Waals surface area contributed by atoms with Crippen LogP contribution >= 0.6 is 11.3 Å². The number of primary amides is 1. The zero-order valence-corrected chi connectivity index (χ0v) is 7.08. The highest BCUT2D eigenvalue weighted by atomic mass is 32.1. The van der Waals surface area contributed by atoms with E-state index in [1.807, 2.05) is 0 Å². The van der Waals surface area contributed by atoms with Crippen LogP contribution < -0.4 is 5.73 Å². The van der Waals surface area contributed by atoms with Gasteiger partial charge in [-0.15, -0.1) is 11.3 Å². The normalized spacial score (nSPS) is 11.6. The van der Waals surface area contributed by atoms with E-state index in [4.69, 9.17) is 5.73 Å². The number of hydrogen-bond acceptors (Lipinski definition) is 3. The van der Waals surface area contributed by atoms with Crippen molar-refractivity contribution in [3.05, 3.63) is 16.1 Å². The number of rotatable bonds is 2. The van der Waals surface area contributed by atoms with Crippen molar-refractivity contribution in [3.8, 4) is 0 Å². The highest BCUT2D eigenvalue weighted by molar-refractivity contribution is 7.13. The summed E-state index contributed by atoms with van der Waals surface area (Å²) in [5.74, 6) is -0.758. The van der Waals surface area contributed by atoms with E-state index < -0.39 is 18.5 Å². The molecule has 0 aliphatic rings. The minimum atomic E-state index is -4.30. The van der Waals surface area contributed by atoms with Crippen LogP contribution in [0.5, 0.6) is 0 Å². The van der Waals surface area contributed by atoms with Crippen LogP contribution in [-0.4, -0.2) is 17.1 Å². The van der Waals surface area contributed by atoms with Crippen LogP contribution in [0.3, 0.4) is 0 Å². The number of hydrogen-bond donors (Lipinski definition) is 1. The van der Waals surface area contributed by atoms with E-state index in [2.05, 4.69) is 4.98 Å². The third-order valence-corrected chi connectivity index (χ3v) is 2.16. The zero-order chi connectivity index (χ0) is 10.1. The van der Waals surface area contributed by atoms with Crippen LogP contribution in [0.1, 0.15) is 14.7 Å². The monoisotopic (exact) mass is 210 g/mol. The molecule has 3 nitrogen and oxygen atoms in total. The first-order valence-corrected chi connectivity index (χ1v) is 4.01. The summed E-state index contributed by atoms with van der Waals surface area (Å²) < 4.78 is 35.4. The van der Waals surface area contributed by atoms with Gasteiger partial charge in [-0.05, 0) is 0 Å². The Morgan fingerprint density at radius 1 is 1.62 bits per heavy atom. The molecule has 1 heterocycles. The van der Waals surface area contributed by atoms with E-state index >= 15 is 0 Å². The van der Waals surface area contributed by atoms with Crippen LogP contribution in [0.15, 0.2) is 6.20 Å². The molecule has 0 fully saturated rings. The van der Waals surface area contributed by atoms with E-state index in [1.165, 1.54) is 0 Å². The molecule has 0 bridgehead atoms. The van der Waals surface area contributed by atoms with Crippen LogP contribution in [0.25, 0.3) is 0 Å². The van der Waals surface area contributed by atoms with Gasteiger partial charge in [-0.2, -0.15) is 13.2 Å². The molecule has 0 aliphatic heterocycles. The Balaban J connectivity index is 2.75. The molecule has 0 aliphatic carbocycles. The molecule has 0 radical (unpaired) electrons. The average molecular weight is 210 g/mol. The van der Waals surface area contributed by atoms with Crippen LogP contribution in [0, 0.1) is 0 Å². The number of nitrogens with two attached hydrogens (primary N) is 1. The SMILES string of the molecule is NC(=O)c1cnc(CC(F)(F)F)s1. The number of carbonyl (C=O) groups is 1. The first-order valence-electron chi connectivity index (χ1n) is 3.20. The molecule has 1 rings (SSSR count). The van der Waals surface area contributed by atoms with Crippen LogP contribution in [-0.2, 0) is 6.42 Å². The molecule has 13 heavy (non-hydrogen) atoms. The summed E-state index contributed by atoms with van der Waals surface area (Å²) >= 11 is 0.662. The van der Waals surface area contributed by atoms with Gasteiger partial charge in [0.1, 0.15) is 9.88 Å². The molecule has 7 heteroatoms. The fourth-order valence-electron chi connectivity index (χ4n) is 0.677. The molecule has 2 N–H and O–H groups in total. The van der Waals surface area contributed by atoms with Gasteiger partial charge in [-0.3, -0.25) is 4.79 Å². The molecule has 0 unspecified atom stereocenters. The maximum absolute atomic E-state index is 11.8. The minimum Gasteiger partial charge on any atom is -0.365 e. The Bertz CT molecular complexity index is 320. The topological polar surface area (TPSA) is 56.0 Å². The van der Waals surface area contributed by atoms with Crippen LogP contribution in [0.2, 0.25) is 0 Å². The summed E-state index contributed by atoms with van der Waals surface area (Å²) in [5, 5.41) is -0.152. The lowest BCUT2D eigenvalue weighted by molar-refractivity contribution is -0.127. The van der Waals surface area contributed by atoms with Gasteiger partial charge < -0.3 is 5.73 Å². The van der Waals surface area contributed by atoms with Gasteiger partial charge in [0, 0.05) is 0 Å². The number of nitrogens with zero attached hydrogens (tertiary/aromatic N) is 1. The molecule has 1 aromatic heterocycles. The highest BCUT2D eigenvalue weighted by Crippen LogP contribution is 2.23. The number of aromatic nitrogens is 1. The predicted molar refractivity (Wildman–Crippen MR) is 40.4 cm³/mol. The van der Waals surface area contributed by atoms with Crippen molar-refractivity contribution in [2.75, 3.05) is 0 Å². The largest absolute Gasteiger partial charge is 0.395 e. The Morgan fingerprint density at radius 3 is 2.62 bits per heavy atom. The van der Waals surface area contributed by atoms with Gasteiger partial charge in [0.2, 0.25) is 0 Å². The summed E-state index contributed by atoms with van der Waals surface area (Å²) in [7, 11) is 0. The molecule has 1 amide bonds. The maximum Gasteiger partial charge on any atom is 0.395 e. The van der Waals surface area contributed by atoms with Crippen molar-refractivity contribution in [3.63, 3.8) is 0 Å². The lowest BCUT2D eigenvalue weighted by atomic mass is 10.4. The molecular weight excluding hydrogens is 205 g/mol. The smallest absolute Gasteiger partial charge is 0.365 e. The third-order valence-electron chi connectivity index (χ3n) is 1.15. The fraction of sp³-hybridized carbons (Fsp3) is 0.333. The number of carbonyl (C=O) groups excluding carboxylic acids is 1. The Labute approximate surface area is 75.4 Å². The molecule has 72 valence electrons. The third kappa shape index (κ3) is 3.02. The van der Waals surface area contributed by atoms with Crippen LogP contribution in [0.4, 0.5) is 13.2 Å². The van der Waals surface area contributed by atoms with E-state index in [-0.39, 0.29) is 9.88 Å². The van der Waals surface area contributed by atoms with Gasteiger partial charge in [-0.1, -0.05) is 0 Å². The molecule has 0 saturated heterocycles. The highest BCUT2D eigenvalue weighted by Gasteiger charge is 2.29. The number of alkyl halides is 3. The van der Waals surface area contributed by atoms with E-state index in [9.17, 15) is 18.0 Å². The van der Waals surface area contributed by atoms with Crippen molar-refractivity contribution >= 4 is 17.2 Å². The second-order valence-electron chi connectivity index (χ2n) is 2.27. The lowest BCUT2D eigenvalue weighted by Gasteiger charge is -2.01. The second-order valence-corrected chi connectivity index (χ2v) is 3.39. The maximum atomic E-state index is 11.8. The van der Waals surface area contributed by atoms with Crippen molar-refractivity contribution in [2.24, 2.45) is 5.73 Å². The number of thiazole rings is 1. The van der Waals surface area contributed by atoms with E-state index in [0.29, 0.717) is 11.3 Å². The predicted octanol–water partition coefficient (Wildman–Crippen LogP) is 1.35. The van der Waals surface area contributed by atoms with E-state index in [1.54, 1.807) is 0 Å². The fourth-order valence-corrected chi connectivity index (χ4v) is 1.48. The molecule has 0 aromatic carbocycles. The summed E-state index contributed by atoms with van der Waals surface area (Å²) in [4.78, 5) is 14.0. The second kappa shape index (κ2) is 3.33. The summed E-state index contributed by atoms with van der Waals surface area (Å²) in [6.45, 7) is 0. The Morgan fingerprint density at radius 2 is 2.23 bits per heavy atom. The lowest BCUT2D eigenvalue weighted by Crippen LogP contribution is -2.11. The summed E-state index contributed by atoms with van der Waals surface area (Å²) in [6, 6.07) is 0. The first-order chi connectivity index (χ1) is 5.88. The summed E-state index contributed by atoms with van der Waals surface area (Å²) in [5.41, 5.74) is 4.84. The van der Waals surface area contributed by atoms with Gasteiger partial charge >= 0.3 is 6.18 Å². The average Bonchev–Trinajstić information content (AvgIpc) is 2.31. The van der Waals surface area contributed by atoms with Gasteiger partial charge in [0.05, 0.1) is 12.6 Å². The molecule has 1 aromatic rings. The Hall–Kier alpha value is -1.11.